The molecule has 2 aromatic heterocycles. The number of alkyl halides is 3. The molecule has 178 valence electrons. The van der Waals surface area contributed by atoms with Gasteiger partial charge >= 0.3 is 12.1 Å². The summed E-state index contributed by atoms with van der Waals surface area (Å²) >= 11 is 0. The van der Waals surface area contributed by atoms with E-state index in [9.17, 15) is 22.8 Å². The highest BCUT2D eigenvalue weighted by Gasteiger charge is 2.38. The molecule has 0 atom stereocenters. The van der Waals surface area contributed by atoms with E-state index in [1.807, 2.05) is 5.32 Å². The predicted molar refractivity (Wildman–Crippen MR) is 121 cm³/mol. The number of piperazine rings is 1. The van der Waals surface area contributed by atoms with Crippen molar-refractivity contribution in [3.8, 4) is 11.8 Å². The molecule has 0 radical (unpaired) electrons. The van der Waals surface area contributed by atoms with Crippen LogP contribution in [0.4, 0.5) is 24.8 Å². The first-order valence-corrected chi connectivity index (χ1v) is 10.6. The molecule has 4 rings (SSSR count). The number of aromatic nitrogens is 4. The molecular weight excluding hydrogens is 451 g/mol. The number of carbonyl (C=O) groups excluding carboxylic acids is 1. The van der Waals surface area contributed by atoms with Gasteiger partial charge in [0.2, 0.25) is 5.95 Å². The van der Waals surface area contributed by atoms with Gasteiger partial charge in [-0.3, -0.25) is 14.2 Å². The van der Waals surface area contributed by atoms with Gasteiger partial charge in [0.1, 0.15) is 11.0 Å². The van der Waals surface area contributed by atoms with Gasteiger partial charge in [-0.15, -0.1) is 5.92 Å². The SMILES string of the molecule is CC#CCn1c(N2CCNCC2)nc2cnn(Cc3cccc(NC(=O)C(F)(F)F)c3)c(=O)c21. The molecular formula is C22H22F3N7O2. The number of hydrogen-bond acceptors (Lipinski definition) is 6. The summed E-state index contributed by atoms with van der Waals surface area (Å²) in [7, 11) is 0. The molecule has 0 bridgehead atoms. The molecule has 12 heteroatoms. The summed E-state index contributed by atoms with van der Waals surface area (Å²) in [6.45, 7) is 5.07. The summed E-state index contributed by atoms with van der Waals surface area (Å²) in [5, 5.41) is 9.30. The molecule has 1 fully saturated rings. The Bertz CT molecular complexity index is 1330. The first-order chi connectivity index (χ1) is 16.3. The Kier molecular flexibility index (Phi) is 6.56. The minimum absolute atomic E-state index is 0.00188. The van der Waals surface area contributed by atoms with Crippen molar-refractivity contribution >= 4 is 28.6 Å². The van der Waals surface area contributed by atoms with Crippen LogP contribution in [0.25, 0.3) is 11.0 Å². The molecule has 1 saturated heterocycles. The molecule has 3 heterocycles. The molecule has 0 saturated carbocycles. The van der Waals surface area contributed by atoms with Crippen LogP contribution in [0.5, 0.6) is 0 Å². The van der Waals surface area contributed by atoms with Gasteiger partial charge in [0.05, 0.1) is 19.3 Å². The number of nitrogens with zero attached hydrogens (tertiary/aromatic N) is 5. The van der Waals surface area contributed by atoms with Gasteiger partial charge in [0, 0.05) is 31.9 Å². The number of carbonyl (C=O) groups is 1. The van der Waals surface area contributed by atoms with E-state index < -0.39 is 17.6 Å². The fourth-order valence-corrected chi connectivity index (χ4v) is 3.72. The van der Waals surface area contributed by atoms with Crippen molar-refractivity contribution in [1.29, 1.82) is 0 Å². The van der Waals surface area contributed by atoms with E-state index in [0.717, 1.165) is 26.2 Å². The van der Waals surface area contributed by atoms with Gasteiger partial charge in [-0.2, -0.15) is 18.3 Å². The standard InChI is InChI=1S/C22H22F3N7O2/c1-2-3-9-31-18-17(29-21(31)30-10-7-26-8-11-30)13-27-32(19(18)33)14-15-5-4-6-16(12-15)28-20(34)22(23,24)25/h4-6,12-13,26H,7-11,14H2,1H3,(H,28,34). The van der Waals surface area contributed by atoms with Gasteiger partial charge in [0.15, 0.2) is 0 Å². The zero-order valence-electron chi connectivity index (χ0n) is 18.3. The maximum atomic E-state index is 13.3. The number of anilines is 2. The summed E-state index contributed by atoms with van der Waals surface area (Å²) in [6.07, 6.45) is -3.50. The zero-order chi connectivity index (χ0) is 24.3. The van der Waals surface area contributed by atoms with Crippen LogP contribution in [-0.2, 0) is 17.9 Å². The van der Waals surface area contributed by atoms with Crippen LogP contribution in [0.15, 0.2) is 35.3 Å². The Balaban J connectivity index is 1.68. The summed E-state index contributed by atoms with van der Waals surface area (Å²) < 4.78 is 40.7. The number of imidazole rings is 1. The van der Waals surface area contributed by atoms with Crippen LogP contribution in [0.1, 0.15) is 12.5 Å². The van der Waals surface area contributed by atoms with Crippen molar-refractivity contribution in [2.75, 3.05) is 36.4 Å². The van der Waals surface area contributed by atoms with E-state index in [1.165, 1.54) is 29.1 Å². The molecule has 1 aromatic carbocycles. The number of benzene rings is 1. The van der Waals surface area contributed by atoms with Crippen LogP contribution in [0.3, 0.4) is 0 Å². The van der Waals surface area contributed by atoms with E-state index in [-0.39, 0.29) is 18.8 Å². The molecule has 0 unspecified atom stereocenters. The van der Waals surface area contributed by atoms with Crippen LogP contribution >= 0.6 is 0 Å². The van der Waals surface area contributed by atoms with Crippen molar-refractivity contribution in [1.82, 2.24) is 24.6 Å². The number of amides is 1. The normalized spacial score (nSPS) is 14.1. The lowest BCUT2D eigenvalue weighted by molar-refractivity contribution is -0.167. The monoisotopic (exact) mass is 473 g/mol. The lowest BCUT2D eigenvalue weighted by Gasteiger charge is -2.28. The molecule has 9 nitrogen and oxygen atoms in total. The predicted octanol–water partition coefficient (Wildman–Crippen LogP) is 1.57. The third-order valence-corrected chi connectivity index (χ3v) is 5.32. The fraction of sp³-hybridized carbons (Fsp3) is 0.364. The van der Waals surface area contributed by atoms with E-state index in [2.05, 4.69) is 32.1 Å². The van der Waals surface area contributed by atoms with E-state index in [4.69, 9.17) is 0 Å². The highest BCUT2D eigenvalue weighted by Crippen LogP contribution is 2.21. The van der Waals surface area contributed by atoms with Gasteiger partial charge in [0.25, 0.3) is 5.56 Å². The quantitative estimate of drug-likeness (QED) is 0.547. The first kappa shape index (κ1) is 23.3. The summed E-state index contributed by atoms with van der Waals surface area (Å²) in [6, 6.07) is 5.83. The Morgan fingerprint density at radius 3 is 2.74 bits per heavy atom. The van der Waals surface area contributed by atoms with Gasteiger partial charge < -0.3 is 15.5 Å². The van der Waals surface area contributed by atoms with Crippen molar-refractivity contribution in [2.45, 2.75) is 26.2 Å². The van der Waals surface area contributed by atoms with Crippen LogP contribution in [0.2, 0.25) is 0 Å². The summed E-state index contributed by atoms with van der Waals surface area (Å²) in [5.41, 5.74) is 0.870. The third-order valence-electron chi connectivity index (χ3n) is 5.32. The number of fused-ring (bicyclic) bond motifs is 1. The minimum atomic E-state index is -5.00. The molecule has 1 aliphatic rings. The van der Waals surface area contributed by atoms with Gasteiger partial charge in [-0.1, -0.05) is 18.1 Å². The second-order valence-electron chi connectivity index (χ2n) is 7.66. The minimum Gasteiger partial charge on any atom is -0.340 e. The lowest BCUT2D eigenvalue weighted by atomic mass is 10.2. The van der Waals surface area contributed by atoms with Crippen molar-refractivity contribution < 1.29 is 18.0 Å². The van der Waals surface area contributed by atoms with E-state index in [1.54, 1.807) is 17.6 Å². The maximum absolute atomic E-state index is 13.3. The highest BCUT2D eigenvalue weighted by atomic mass is 19.4. The van der Waals surface area contributed by atoms with Crippen molar-refractivity contribution in [3.05, 3.63) is 46.4 Å². The highest BCUT2D eigenvalue weighted by molar-refractivity contribution is 5.94. The number of nitrogens with one attached hydrogen (secondary N) is 2. The average Bonchev–Trinajstić information content (AvgIpc) is 3.19. The topological polar surface area (TPSA) is 97.1 Å². The molecule has 34 heavy (non-hydrogen) atoms. The number of hydrogen-bond donors (Lipinski definition) is 2. The van der Waals surface area contributed by atoms with Crippen LogP contribution in [0, 0.1) is 11.8 Å². The molecule has 2 N–H and O–H groups in total. The fourth-order valence-electron chi connectivity index (χ4n) is 3.72. The van der Waals surface area contributed by atoms with Crippen LogP contribution in [-0.4, -0.2) is 57.6 Å². The van der Waals surface area contributed by atoms with E-state index in [0.29, 0.717) is 22.5 Å². The molecule has 1 amide bonds. The zero-order valence-corrected chi connectivity index (χ0v) is 18.3. The molecule has 0 aliphatic carbocycles. The van der Waals surface area contributed by atoms with Gasteiger partial charge in [-0.25, -0.2) is 9.67 Å². The second-order valence-corrected chi connectivity index (χ2v) is 7.66. The largest absolute Gasteiger partial charge is 0.471 e. The van der Waals surface area contributed by atoms with Crippen molar-refractivity contribution in [2.24, 2.45) is 0 Å². The third kappa shape index (κ3) is 4.89. The molecule has 1 aliphatic heterocycles. The molecule has 3 aromatic rings. The lowest BCUT2D eigenvalue weighted by Crippen LogP contribution is -2.44. The first-order valence-electron chi connectivity index (χ1n) is 10.6. The second kappa shape index (κ2) is 9.56. The summed E-state index contributed by atoms with van der Waals surface area (Å²) in [4.78, 5) is 31.3. The molecule has 0 spiro atoms. The Morgan fingerprint density at radius 1 is 1.26 bits per heavy atom. The number of halogens is 3. The number of rotatable bonds is 5. The van der Waals surface area contributed by atoms with E-state index >= 15 is 0 Å². The maximum Gasteiger partial charge on any atom is 0.471 e. The Morgan fingerprint density at radius 2 is 2.03 bits per heavy atom. The van der Waals surface area contributed by atoms with Crippen molar-refractivity contribution in [3.63, 3.8) is 0 Å². The van der Waals surface area contributed by atoms with Crippen LogP contribution < -0.4 is 21.1 Å². The summed E-state index contributed by atoms with van der Waals surface area (Å²) in [5.74, 6) is 4.40. The Hall–Kier alpha value is -3.85. The van der Waals surface area contributed by atoms with Gasteiger partial charge in [-0.05, 0) is 24.6 Å². The average molecular weight is 473 g/mol. The Labute approximate surface area is 192 Å². The smallest absolute Gasteiger partial charge is 0.340 e.